The van der Waals surface area contributed by atoms with Gasteiger partial charge in [-0.25, -0.2) is 0 Å². The Hall–Kier alpha value is -1.94. The molecule has 0 bridgehead atoms. The third kappa shape index (κ3) is 3.05. The van der Waals surface area contributed by atoms with E-state index in [0.717, 1.165) is 16.5 Å². The van der Waals surface area contributed by atoms with Gasteiger partial charge < -0.3 is 11.1 Å². The van der Waals surface area contributed by atoms with E-state index in [0.29, 0.717) is 12.8 Å². The van der Waals surface area contributed by atoms with E-state index in [-0.39, 0.29) is 11.9 Å². The summed E-state index contributed by atoms with van der Waals surface area (Å²) in [5, 5.41) is 4.92. The van der Waals surface area contributed by atoms with Gasteiger partial charge in [-0.15, -0.1) is 0 Å². The topological polar surface area (TPSA) is 68.0 Å². The van der Waals surface area contributed by atoms with Gasteiger partial charge in [0.25, 0.3) is 0 Å². The normalized spacial score (nSPS) is 12.3. The first-order chi connectivity index (χ1) is 8.66. The fourth-order valence-electron chi connectivity index (χ4n) is 1.79. The highest BCUT2D eigenvalue weighted by Gasteiger charge is 2.06. The summed E-state index contributed by atoms with van der Waals surface area (Å²) >= 11 is 0. The summed E-state index contributed by atoms with van der Waals surface area (Å²) in [6, 6.07) is 7.77. The van der Waals surface area contributed by atoms with Gasteiger partial charge in [-0.05, 0) is 30.9 Å². The molecule has 4 heteroatoms. The SMILES string of the molecule is CC(N)CCC(=O)Nc1cccc2ccncc12. The van der Waals surface area contributed by atoms with Crippen molar-refractivity contribution in [2.75, 3.05) is 5.32 Å². The van der Waals surface area contributed by atoms with Gasteiger partial charge in [-0.3, -0.25) is 9.78 Å². The number of anilines is 1. The number of carbonyl (C=O) groups is 1. The van der Waals surface area contributed by atoms with Crippen molar-refractivity contribution in [1.29, 1.82) is 0 Å². The Morgan fingerprint density at radius 3 is 3.06 bits per heavy atom. The van der Waals surface area contributed by atoms with Crippen LogP contribution in [0.2, 0.25) is 0 Å². The highest BCUT2D eigenvalue weighted by atomic mass is 16.1. The van der Waals surface area contributed by atoms with Gasteiger partial charge in [0.15, 0.2) is 0 Å². The lowest BCUT2D eigenvalue weighted by molar-refractivity contribution is -0.116. The minimum Gasteiger partial charge on any atom is -0.328 e. The molecule has 18 heavy (non-hydrogen) atoms. The predicted octanol–water partition coefficient (Wildman–Crippen LogP) is 2.30. The molecule has 0 aliphatic carbocycles. The molecule has 0 fully saturated rings. The molecule has 1 heterocycles. The monoisotopic (exact) mass is 243 g/mol. The summed E-state index contributed by atoms with van der Waals surface area (Å²) in [5.74, 6) is -0.0105. The molecule has 1 unspecified atom stereocenters. The number of pyridine rings is 1. The van der Waals surface area contributed by atoms with Crippen LogP contribution in [-0.2, 0) is 4.79 Å². The summed E-state index contributed by atoms with van der Waals surface area (Å²) in [4.78, 5) is 15.9. The van der Waals surface area contributed by atoms with E-state index in [1.54, 1.807) is 12.4 Å². The van der Waals surface area contributed by atoms with Crippen molar-refractivity contribution in [3.63, 3.8) is 0 Å². The Kier molecular flexibility index (Phi) is 3.89. The van der Waals surface area contributed by atoms with Gasteiger partial charge in [0.2, 0.25) is 5.91 Å². The number of nitrogens with two attached hydrogens (primary N) is 1. The zero-order valence-corrected chi connectivity index (χ0v) is 10.4. The van der Waals surface area contributed by atoms with E-state index < -0.39 is 0 Å². The van der Waals surface area contributed by atoms with Crippen LogP contribution >= 0.6 is 0 Å². The second-order valence-corrected chi connectivity index (χ2v) is 4.47. The molecule has 2 rings (SSSR count). The Morgan fingerprint density at radius 2 is 2.28 bits per heavy atom. The van der Waals surface area contributed by atoms with Crippen molar-refractivity contribution >= 4 is 22.4 Å². The lowest BCUT2D eigenvalue weighted by Gasteiger charge is -2.09. The van der Waals surface area contributed by atoms with Crippen LogP contribution < -0.4 is 11.1 Å². The van der Waals surface area contributed by atoms with E-state index >= 15 is 0 Å². The molecular weight excluding hydrogens is 226 g/mol. The molecule has 1 aromatic carbocycles. The summed E-state index contributed by atoms with van der Waals surface area (Å²) in [6.07, 6.45) is 4.63. The molecule has 2 aromatic rings. The zero-order chi connectivity index (χ0) is 13.0. The number of rotatable bonds is 4. The second-order valence-electron chi connectivity index (χ2n) is 4.47. The number of nitrogens with one attached hydrogen (secondary N) is 1. The van der Waals surface area contributed by atoms with Crippen LogP contribution in [0.5, 0.6) is 0 Å². The molecule has 0 saturated carbocycles. The maximum atomic E-state index is 11.8. The van der Waals surface area contributed by atoms with Crippen LogP contribution in [0.4, 0.5) is 5.69 Å². The Bertz CT molecular complexity index is 546. The number of amides is 1. The van der Waals surface area contributed by atoms with Crippen molar-refractivity contribution < 1.29 is 4.79 Å². The number of nitrogens with zero attached hydrogens (tertiary/aromatic N) is 1. The molecule has 0 saturated heterocycles. The highest BCUT2D eigenvalue weighted by molar-refractivity contribution is 6.01. The average Bonchev–Trinajstić information content (AvgIpc) is 2.37. The number of carbonyl (C=O) groups excluding carboxylic acids is 1. The summed E-state index contributed by atoms with van der Waals surface area (Å²) in [5.41, 5.74) is 6.44. The van der Waals surface area contributed by atoms with Crippen molar-refractivity contribution in [3.05, 3.63) is 36.7 Å². The predicted molar refractivity (Wildman–Crippen MR) is 73.3 cm³/mol. The molecular formula is C14H17N3O. The molecule has 1 aromatic heterocycles. The molecule has 94 valence electrons. The first-order valence-electron chi connectivity index (χ1n) is 6.05. The first-order valence-corrected chi connectivity index (χ1v) is 6.05. The zero-order valence-electron chi connectivity index (χ0n) is 10.4. The smallest absolute Gasteiger partial charge is 0.224 e. The molecule has 1 amide bonds. The fraction of sp³-hybridized carbons (Fsp3) is 0.286. The van der Waals surface area contributed by atoms with E-state index in [2.05, 4.69) is 10.3 Å². The molecule has 0 aliphatic heterocycles. The standard InChI is InChI=1S/C14H17N3O/c1-10(15)5-6-14(18)17-13-4-2-3-11-7-8-16-9-12(11)13/h2-4,7-10H,5-6,15H2,1H3,(H,17,18). The minimum absolute atomic E-state index is 0.0105. The van der Waals surface area contributed by atoms with Crippen molar-refractivity contribution in [3.8, 4) is 0 Å². The fourth-order valence-corrected chi connectivity index (χ4v) is 1.79. The summed E-state index contributed by atoms with van der Waals surface area (Å²) in [6.45, 7) is 1.90. The summed E-state index contributed by atoms with van der Waals surface area (Å²) in [7, 11) is 0. The highest BCUT2D eigenvalue weighted by Crippen LogP contribution is 2.22. The number of hydrogen-bond acceptors (Lipinski definition) is 3. The lowest BCUT2D eigenvalue weighted by Crippen LogP contribution is -2.19. The molecule has 0 aliphatic rings. The third-order valence-corrected chi connectivity index (χ3v) is 2.78. The van der Waals surface area contributed by atoms with Crippen LogP contribution in [0.15, 0.2) is 36.7 Å². The van der Waals surface area contributed by atoms with Crippen molar-refractivity contribution in [1.82, 2.24) is 4.98 Å². The molecule has 4 nitrogen and oxygen atoms in total. The van der Waals surface area contributed by atoms with Crippen molar-refractivity contribution in [2.24, 2.45) is 5.73 Å². The van der Waals surface area contributed by atoms with E-state index in [1.165, 1.54) is 0 Å². The maximum absolute atomic E-state index is 11.8. The van der Waals surface area contributed by atoms with Gasteiger partial charge in [-0.1, -0.05) is 12.1 Å². The number of benzene rings is 1. The Morgan fingerprint density at radius 1 is 1.44 bits per heavy atom. The molecule has 1 atom stereocenters. The van der Waals surface area contributed by atoms with Gasteiger partial charge >= 0.3 is 0 Å². The summed E-state index contributed by atoms with van der Waals surface area (Å²) < 4.78 is 0. The van der Waals surface area contributed by atoms with Gasteiger partial charge in [0.1, 0.15) is 0 Å². The van der Waals surface area contributed by atoms with Crippen molar-refractivity contribution in [2.45, 2.75) is 25.8 Å². The van der Waals surface area contributed by atoms with Crippen LogP contribution in [0.3, 0.4) is 0 Å². The minimum atomic E-state index is -0.0105. The largest absolute Gasteiger partial charge is 0.328 e. The van der Waals surface area contributed by atoms with Crippen LogP contribution in [-0.4, -0.2) is 16.9 Å². The van der Waals surface area contributed by atoms with Gasteiger partial charge in [0, 0.05) is 30.2 Å². The average molecular weight is 243 g/mol. The molecule has 0 radical (unpaired) electrons. The molecule has 0 spiro atoms. The number of fused-ring (bicyclic) bond motifs is 1. The second kappa shape index (κ2) is 5.60. The van der Waals surface area contributed by atoms with Gasteiger partial charge in [-0.2, -0.15) is 0 Å². The molecule has 3 N–H and O–H groups in total. The first kappa shape index (κ1) is 12.5. The quantitative estimate of drug-likeness (QED) is 0.865. The number of aromatic nitrogens is 1. The Labute approximate surface area is 106 Å². The van der Waals surface area contributed by atoms with E-state index in [1.807, 2.05) is 31.2 Å². The van der Waals surface area contributed by atoms with E-state index in [9.17, 15) is 4.79 Å². The van der Waals surface area contributed by atoms with Crippen LogP contribution in [0, 0.1) is 0 Å². The number of hydrogen-bond donors (Lipinski definition) is 2. The van der Waals surface area contributed by atoms with Gasteiger partial charge in [0.05, 0.1) is 5.69 Å². The van der Waals surface area contributed by atoms with Crippen LogP contribution in [0.25, 0.3) is 10.8 Å². The third-order valence-electron chi connectivity index (χ3n) is 2.78. The Balaban J connectivity index is 2.14. The van der Waals surface area contributed by atoms with Crippen LogP contribution in [0.1, 0.15) is 19.8 Å². The maximum Gasteiger partial charge on any atom is 0.224 e. The van der Waals surface area contributed by atoms with E-state index in [4.69, 9.17) is 5.73 Å². The lowest BCUT2D eigenvalue weighted by atomic mass is 10.1.